The van der Waals surface area contributed by atoms with Crippen LogP contribution in [0.15, 0.2) is 140 Å². The first-order valence-electron chi connectivity index (χ1n) is 19.6. The molecule has 2 aliphatic rings. The minimum Gasteiger partial charge on any atom is -0.453 e. The number of rotatable bonds is 10. The molecule has 4 N–H and O–H groups in total. The molecule has 3 atom stereocenters. The summed E-state index contributed by atoms with van der Waals surface area (Å²) in [7, 11) is 2.56. The lowest BCUT2D eigenvalue weighted by Gasteiger charge is -2.28. The Hall–Kier alpha value is -7.48. The molecule has 4 aromatic carbocycles. The zero-order valence-electron chi connectivity index (χ0n) is 33.3. The maximum atomic E-state index is 13.7. The molecule has 60 heavy (non-hydrogen) atoms. The van der Waals surface area contributed by atoms with E-state index >= 15 is 0 Å². The minimum absolute atomic E-state index is 0.137. The lowest BCUT2D eigenvalue weighted by atomic mass is 10.0. The monoisotopic (exact) mass is 806 g/mol. The number of aromatic amines is 2. The van der Waals surface area contributed by atoms with Crippen LogP contribution in [0.2, 0.25) is 0 Å². The van der Waals surface area contributed by atoms with Crippen LogP contribution in [-0.4, -0.2) is 87.6 Å². The first kappa shape index (κ1) is 40.7. The van der Waals surface area contributed by atoms with Crippen molar-refractivity contribution in [3.05, 3.63) is 157 Å². The van der Waals surface area contributed by atoms with E-state index < -0.39 is 24.3 Å². The van der Waals surface area contributed by atoms with Crippen molar-refractivity contribution >= 4 is 24.0 Å². The number of alkyl carbamates (subject to hydrolysis) is 2. The van der Waals surface area contributed by atoms with Gasteiger partial charge in [-0.3, -0.25) is 9.59 Å². The van der Waals surface area contributed by atoms with E-state index in [1.807, 2.05) is 85.2 Å². The Balaban J connectivity index is 0.000000240. The second kappa shape index (κ2) is 19.3. The van der Waals surface area contributed by atoms with Crippen LogP contribution in [-0.2, 0) is 19.1 Å². The molecule has 8 rings (SSSR count). The average Bonchev–Trinajstić information content (AvgIpc) is 4.16. The number of likely N-dealkylation sites (tertiary alicyclic amines) is 1. The van der Waals surface area contributed by atoms with Gasteiger partial charge in [-0.05, 0) is 46.2 Å². The summed E-state index contributed by atoms with van der Waals surface area (Å²) in [6.07, 6.45) is 9.52. The van der Waals surface area contributed by atoms with E-state index in [1.54, 1.807) is 16.1 Å². The molecule has 306 valence electrons. The van der Waals surface area contributed by atoms with Crippen molar-refractivity contribution in [1.82, 2.24) is 40.4 Å². The quantitative estimate of drug-likeness (QED) is 0.104. The van der Waals surface area contributed by atoms with E-state index in [4.69, 9.17) is 4.74 Å². The summed E-state index contributed by atoms with van der Waals surface area (Å²) < 4.78 is 9.37. The molecule has 0 radical (unpaired) electrons. The summed E-state index contributed by atoms with van der Waals surface area (Å²) in [4.78, 5) is 68.4. The van der Waals surface area contributed by atoms with E-state index in [1.165, 1.54) is 14.2 Å². The van der Waals surface area contributed by atoms with Gasteiger partial charge in [-0.15, -0.1) is 0 Å². The van der Waals surface area contributed by atoms with Gasteiger partial charge in [-0.25, -0.2) is 19.6 Å². The third-order valence-corrected chi connectivity index (χ3v) is 10.5. The zero-order chi connectivity index (χ0) is 41.8. The van der Waals surface area contributed by atoms with Gasteiger partial charge in [0.05, 0.1) is 50.4 Å². The Bertz CT molecular complexity index is 2370. The van der Waals surface area contributed by atoms with Crippen LogP contribution in [0.5, 0.6) is 0 Å². The lowest BCUT2D eigenvalue weighted by Crippen LogP contribution is -2.42. The van der Waals surface area contributed by atoms with Gasteiger partial charge in [0.15, 0.2) is 0 Å². The van der Waals surface area contributed by atoms with Crippen molar-refractivity contribution in [3.63, 3.8) is 0 Å². The fraction of sp³-hybridized carbons (Fsp3) is 0.217. The zero-order valence-corrected chi connectivity index (χ0v) is 33.3. The molecular weight excluding hydrogens is 761 g/mol. The van der Waals surface area contributed by atoms with Crippen molar-refractivity contribution in [2.24, 2.45) is 0 Å². The number of nitrogens with one attached hydrogen (secondary N) is 4. The molecule has 14 heteroatoms. The number of hydrogen-bond acceptors (Lipinski definition) is 8. The van der Waals surface area contributed by atoms with Crippen LogP contribution in [0, 0.1) is 0 Å². The topological polar surface area (TPSA) is 175 Å². The molecule has 14 nitrogen and oxygen atoms in total. The Morgan fingerprint density at radius 3 is 1.70 bits per heavy atom. The van der Waals surface area contributed by atoms with Crippen LogP contribution in [0.4, 0.5) is 9.59 Å². The second-order valence-corrected chi connectivity index (χ2v) is 14.2. The number of carbonyl (C=O) groups is 4. The lowest BCUT2D eigenvalue weighted by molar-refractivity contribution is -0.134. The molecule has 2 aromatic heterocycles. The third-order valence-electron chi connectivity index (χ3n) is 10.5. The van der Waals surface area contributed by atoms with E-state index in [2.05, 4.69) is 83.8 Å². The average molecular weight is 807 g/mol. The molecule has 0 bridgehead atoms. The predicted octanol–water partition coefficient (Wildman–Crippen LogP) is 7.38. The number of benzene rings is 4. The van der Waals surface area contributed by atoms with E-state index in [0.29, 0.717) is 25.2 Å². The standard InChI is InChI=1S/C32H30N6O3.C14H16N2O3/c1-41-32(40)37-29(25-6-3-2-4-7-25)31(39)38-17-5-8-28(38)30-34-19-27(36-30)24-15-11-22(12-16-24)21-9-13-23(14-10-21)26-18-33-20-35-26;1-19-14(18)15-12(11-7-3-2-4-8-11)13(17)16-9-5-6-10-16/h2-4,6-7,9-16,18-20,28-29H,5,8,17H2,1H3,(H,33,35)(H,34,36)(H,37,40);2-8,12H,9-10H2,1H3,(H,15,18). The number of ether oxygens (including phenoxy) is 2. The molecule has 3 unspecified atom stereocenters. The van der Waals surface area contributed by atoms with Crippen LogP contribution in [0.1, 0.15) is 47.9 Å². The highest BCUT2D eigenvalue weighted by atomic mass is 16.5. The highest BCUT2D eigenvalue weighted by Gasteiger charge is 2.37. The minimum atomic E-state index is -0.847. The highest BCUT2D eigenvalue weighted by molar-refractivity contribution is 5.88. The highest BCUT2D eigenvalue weighted by Crippen LogP contribution is 2.34. The molecule has 4 heterocycles. The summed E-state index contributed by atoms with van der Waals surface area (Å²) in [6, 6.07) is 33.3. The maximum absolute atomic E-state index is 13.7. The first-order chi connectivity index (χ1) is 29.3. The van der Waals surface area contributed by atoms with Crippen LogP contribution >= 0.6 is 0 Å². The third kappa shape index (κ3) is 9.61. The number of H-pyrrole nitrogens is 2. The molecular formula is C46H46N8O6. The Labute approximate surface area is 347 Å². The van der Waals surface area contributed by atoms with Gasteiger partial charge < -0.3 is 39.9 Å². The number of nitrogens with zero attached hydrogens (tertiary/aromatic N) is 4. The Kier molecular flexibility index (Phi) is 13.1. The number of hydrogen-bond donors (Lipinski definition) is 4. The Morgan fingerprint density at radius 2 is 1.18 bits per heavy atom. The van der Waals surface area contributed by atoms with Gasteiger partial charge in [0.2, 0.25) is 5.91 Å². The molecule has 0 spiro atoms. The second-order valence-electron chi connectivity index (χ2n) is 14.2. The van der Waals surface area contributed by atoms with E-state index in [-0.39, 0.29) is 17.9 Å². The summed E-state index contributed by atoms with van der Waals surface area (Å²) in [6.45, 7) is 1.73. The number of carbonyl (C=O) groups excluding carboxylic acids is 4. The number of methoxy groups -OCH3 is 2. The molecule has 4 amide bonds. The largest absolute Gasteiger partial charge is 0.453 e. The van der Waals surface area contributed by atoms with E-state index in [9.17, 15) is 19.2 Å². The Morgan fingerprint density at radius 1 is 0.667 bits per heavy atom. The smallest absolute Gasteiger partial charge is 0.407 e. The number of aromatic nitrogens is 4. The van der Waals surface area contributed by atoms with Gasteiger partial charge in [-0.1, -0.05) is 121 Å². The summed E-state index contributed by atoms with van der Waals surface area (Å²) in [5, 5.41) is 5.28. The summed E-state index contributed by atoms with van der Waals surface area (Å²) in [5.41, 5.74) is 7.64. The van der Waals surface area contributed by atoms with Crippen molar-refractivity contribution in [2.75, 3.05) is 33.9 Å². The van der Waals surface area contributed by atoms with Crippen LogP contribution in [0.3, 0.4) is 0 Å². The predicted molar refractivity (Wildman–Crippen MR) is 226 cm³/mol. The van der Waals surface area contributed by atoms with Crippen molar-refractivity contribution in [2.45, 2.75) is 31.0 Å². The van der Waals surface area contributed by atoms with Crippen molar-refractivity contribution in [3.8, 4) is 33.6 Å². The molecule has 1 fully saturated rings. The van der Waals surface area contributed by atoms with Crippen molar-refractivity contribution < 1.29 is 28.7 Å². The van der Waals surface area contributed by atoms with Gasteiger partial charge in [0.25, 0.3) is 5.91 Å². The fourth-order valence-corrected chi connectivity index (χ4v) is 7.29. The van der Waals surface area contributed by atoms with Crippen molar-refractivity contribution in [1.29, 1.82) is 0 Å². The molecule has 1 saturated heterocycles. The van der Waals surface area contributed by atoms with Gasteiger partial charge in [-0.2, -0.15) is 0 Å². The van der Waals surface area contributed by atoms with Gasteiger partial charge in [0, 0.05) is 19.6 Å². The van der Waals surface area contributed by atoms with Gasteiger partial charge in [0.1, 0.15) is 17.9 Å². The summed E-state index contributed by atoms with van der Waals surface area (Å²) in [5.74, 6) is 0.403. The molecule has 6 aromatic rings. The first-order valence-corrected chi connectivity index (χ1v) is 19.6. The SMILES string of the molecule is COC(=O)NC(C(=O)N1CC=CC1)c1ccccc1.COC(=O)NC(C(=O)N1CCCC1c1ncc(-c2ccc(-c3ccc(-c4cnc[nH]4)cc3)cc2)[nH]1)c1ccccc1. The number of amides is 4. The van der Waals surface area contributed by atoms with Gasteiger partial charge >= 0.3 is 12.2 Å². The fourth-order valence-electron chi connectivity index (χ4n) is 7.29. The summed E-state index contributed by atoms with van der Waals surface area (Å²) >= 11 is 0. The normalized spacial score (nSPS) is 15.3. The molecule has 0 saturated carbocycles. The molecule has 2 aliphatic heterocycles. The van der Waals surface area contributed by atoms with Crippen LogP contribution in [0.25, 0.3) is 33.6 Å². The van der Waals surface area contributed by atoms with Crippen LogP contribution < -0.4 is 10.6 Å². The number of imidazole rings is 2. The van der Waals surface area contributed by atoms with E-state index in [0.717, 1.165) is 57.9 Å². The molecule has 0 aliphatic carbocycles. The maximum Gasteiger partial charge on any atom is 0.407 e.